The maximum absolute atomic E-state index is 12.1. The van der Waals surface area contributed by atoms with Crippen LogP contribution < -0.4 is 0 Å². The largest absolute Gasteiger partial charge is 0.418 e. The number of nitrogens with zero attached hydrogens (tertiary/aromatic N) is 1. The highest BCUT2D eigenvalue weighted by molar-refractivity contribution is 6.30. The van der Waals surface area contributed by atoms with Gasteiger partial charge in [0.1, 0.15) is 5.15 Å². The van der Waals surface area contributed by atoms with Crippen LogP contribution in [0.2, 0.25) is 5.15 Å². The van der Waals surface area contributed by atoms with Gasteiger partial charge in [-0.15, -0.1) is 0 Å². The van der Waals surface area contributed by atoms with E-state index < -0.39 is 17.8 Å². The Hall–Kier alpha value is -0.810. The summed E-state index contributed by atoms with van der Waals surface area (Å²) in [4.78, 5) is 3.61. The smallest absolute Gasteiger partial charge is 0.379 e. The minimum atomic E-state index is -4.72. The molecule has 0 saturated heterocycles. The first-order valence-electron chi connectivity index (χ1n) is 3.70. The molecule has 1 heterocycles. The Kier molecular flexibility index (Phi) is 3.01. The monoisotopic (exact) mass is 225 g/mol. The fourth-order valence-corrected chi connectivity index (χ4v) is 1.22. The van der Waals surface area contributed by atoms with Gasteiger partial charge in [0.15, 0.2) is 6.10 Å². The average Bonchev–Trinajstić information content (AvgIpc) is 2.01. The number of alkyl halides is 3. The lowest BCUT2D eigenvalue weighted by atomic mass is 10.1. The number of hydrogen-bond acceptors (Lipinski definition) is 2. The summed E-state index contributed by atoms with van der Waals surface area (Å²) in [6.07, 6.45) is -7.30. The van der Waals surface area contributed by atoms with Crippen LogP contribution in [0.4, 0.5) is 13.2 Å². The maximum Gasteiger partial charge on any atom is 0.418 e. The van der Waals surface area contributed by atoms with Crippen LogP contribution in [0, 0.1) is 6.92 Å². The van der Waals surface area contributed by atoms with Crippen molar-refractivity contribution in [1.82, 2.24) is 4.98 Å². The molecule has 6 heteroatoms. The molecule has 1 rings (SSSR count). The van der Waals surface area contributed by atoms with Gasteiger partial charge in [0.05, 0.1) is 0 Å². The van der Waals surface area contributed by atoms with Crippen LogP contribution in [-0.2, 0) is 0 Å². The van der Waals surface area contributed by atoms with Crippen molar-refractivity contribution in [2.24, 2.45) is 0 Å². The number of aliphatic hydroxyl groups excluding tert-OH is 1. The molecule has 0 fully saturated rings. The highest BCUT2D eigenvalue weighted by Gasteiger charge is 2.40. The molecule has 14 heavy (non-hydrogen) atoms. The van der Waals surface area contributed by atoms with Crippen LogP contribution in [0.5, 0.6) is 0 Å². The van der Waals surface area contributed by atoms with Crippen molar-refractivity contribution in [2.75, 3.05) is 0 Å². The standard InChI is InChI=1S/C8H7ClF3NO/c1-4-2-3-5(7(9)13-4)6(14)8(10,11)12/h2-3,6,14H,1H3. The van der Waals surface area contributed by atoms with Crippen LogP contribution in [-0.4, -0.2) is 16.3 Å². The predicted octanol–water partition coefficient (Wildman–Crippen LogP) is 2.64. The zero-order valence-corrected chi connectivity index (χ0v) is 7.89. The minimum absolute atomic E-state index is 0.324. The van der Waals surface area contributed by atoms with Gasteiger partial charge in [-0.3, -0.25) is 0 Å². The second-order valence-electron chi connectivity index (χ2n) is 2.78. The molecule has 1 atom stereocenters. The van der Waals surface area contributed by atoms with Crippen LogP contribution in [0.25, 0.3) is 0 Å². The number of aliphatic hydroxyl groups is 1. The first-order valence-corrected chi connectivity index (χ1v) is 4.08. The summed E-state index contributed by atoms with van der Waals surface area (Å²) >= 11 is 5.46. The van der Waals surface area contributed by atoms with Gasteiger partial charge >= 0.3 is 6.18 Å². The normalized spacial score (nSPS) is 14.1. The molecule has 1 aromatic rings. The van der Waals surface area contributed by atoms with Crippen molar-refractivity contribution in [3.8, 4) is 0 Å². The van der Waals surface area contributed by atoms with Crippen molar-refractivity contribution in [3.05, 3.63) is 28.5 Å². The topological polar surface area (TPSA) is 33.1 Å². The first-order chi connectivity index (χ1) is 6.32. The van der Waals surface area contributed by atoms with E-state index >= 15 is 0 Å². The molecule has 0 amide bonds. The molecule has 1 N–H and O–H groups in total. The molecule has 0 aliphatic heterocycles. The highest BCUT2D eigenvalue weighted by Crippen LogP contribution is 2.35. The summed E-state index contributed by atoms with van der Waals surface area (Å²) in [7, 11) is 0. The van der Waals surface area contributed by atoms with E-state index in [-0.39, 0.29) is 5.15 Å². The zero-order chi connectivity index (χ0) is 10.9. The van der Waals surface area contributed by atoms with E-state index in [0.29, 0.717) is 5.69 Å². The van der Waals surface area contributed by atoms with Crippen molar-refractivity contribution < 1.29 is 18.3 Å². The van der Waals surface area contributed by atoms with Crippen molar-refractivity contribution in [3.63, 3.8) is 0 Å². The highest BCUT2D eigenvalue weighted by atomic mass is 35.5. The number of rotatable bonds is 1. The molecule has 0 saturated carbocycles. The van der Waals surface area contributed by atoms with E-state index in [1.165, 1.54) is 6.07 Å². The Bertz CT molecular complexity index is 340. The third-order valence-electron chi connectivity index (χ3n) is 1.62. The van der Waals surface area contributed by atoms with E-state index in [0.717, 1.165) is 6.07 Å². The minimum Gasteiger partial charge on any atom is -0.379 e. The molecule has 0 aliphatic rings. The second-order valence-corrected chi connectivity index (χ2v) is 3.13. The number of halogens is 4. The Balaban J connectivity index is 3.08. The SMILES string of the molecule is Cc1ccc(C(O)C(F)(F)F)c(Cl)n1. The predicted molar refractivity (Wildman–Crippen MR) is 45.0 cm³/mol. The van der Waals surface area contributed by atoms with Gasteiger partial charge in [-0.05, 0) is 13.0 Å². The van der Waals surface area contributed by atoms with Crippen LogP contribution in [0.15, 0.2) is 12.1 Å². The van der Waals surface area contributed by atoms with Crippen LogP contribution in [0.3, 0.4) is 0 Å². The number of aryl methyl sites for hydroxylation is 1. The molecule has 0 aromatic carbocycles. The summed E-state index contributed by atoms with van der Waals surface area (Å²) in [6.45, 7) is 1.59. The van der Waals surface area contributed by atoms with Crippen molar-refractivity contribution in [2.45, 2.75) is 19.2 Å². The maximum atomic E-state index is 12.1. The summed E-state index contributed by atoms with van der Waals surface area (Å²) in [5.41, 5.74) is 0.0675. The van der Waals surface area contributed by atoms with E-state index in [1.54, 1.807) is 6.92 Å². The number of hydrogen-bond donors (Lipinski definition) is 1. The summed E-state index contributed by atoms with van der Waals surface area (Å²) in [5, 5.41) is 8.56. The Morgan fingerprint density at radius 3 is 2.43 bits per heavy atom. The Morgan fingerprint density at radius 1 is 1.43 bits per heavy atom. The van der Waals surface area contributed by atoms with E-state index in [2.05, 4.69) is 4.98 Å². The van der Waals surface area contributed by atoms with Crippen molar-refractivity contribution >= 4 is 11.6 Å². The van der Waals surface area contributed by atoms with Gasteiger partial charge in [-0.25, -0.2) is 4.98 Å². The Labute approximate surface area is 83.3 Å². The first kappa shape index (κ1) is 11.3. The summed E-state index contributed by atoms with van der Waals surface area (Å²) in [6, 6.07) is 2.47. The lowest BCUT2D eigenvalue weighted by molar-refractivity contribution is -0.206. The van der Waals surface area contributed by atoms with Gasteiger partial charge in [-0.2, -0.15) is 13.2 Å². The molecule has 78 valence electrons. The fraction of sp³-hybridized carbons (Fsp3) is 0.375. The lowest BCUT2D eigenvalue weighted by Gasteiger charge is -2.15. The van der Waals surface area contributed by atoms with Crippen LogP contribution in [0.1, 0.15) is 17.4 Å². The molecule has 1 unspecified atom stereocenters. The summed E-state index contributed by atoms with van der Waals surface area (Å²) in [5.74, 6) is 0. The van der Waals surface area contributed by atoms with Gasteiger partial charge in [-0.1, -0.05) is 17.7 Å². The molecule has 2 nitrogen and oxygen atoms in total. The number of pyridine rings is 1. The van der Waals surface area contributed by atoms with Crippen molar-refractivity contribution in [1.29, 1.82) is 0 Å². The lowest BCUT2D eigenvalue weighted by Crippen LogP contribution is -2.20. The van der Waals surface area contributed by atoms with Crippen LogP contribution >= 0.6 is 11.6 Å². The van der Waals surface area contributed by atoms with Gasteiger partial charge in [0.25, 0.3) is 0 Å². The van der Waals surface area contributed by atoms with Gasteiger partial charge < -0.3 is 5.11 Å². The summed E-state index contributed by atoms with van der Waals surface area (Å²) < 4.78 is 36.2. The van der Waals surface area contributed by atoms with E-state index in [4.69, 9.17) is 16.7 Å². The Morgan fingerprint density at radius 2 is 2.00 bits per heavy atom. The third-order valence-corrected chi connectivity index (χ3v) is 1.92. The molecule has 0 spiro atoms. The second kappa shape index (κ2) is 3.74. The third kappa shape index (κ3) is 2.36. The van der Waals surface area contributed by atoms with E-state index in [9.17, 15) is 13.2 Å². The molecule has 0 radical (unpaired) electrons. The molecular weight excluding hydrogens is 219 g/mol. The molecule has 1 aromatic heterocycles. The molecular formula is C8H7ClF3NO. The molecule has 0 aliphatic carbocycles. The quantitative estimate of drug-likeness (QED) is 0.746. The van der Waals surface area contributed by atoms with Gasteiger partial charge in [0, 0.05) is 11.3 Å². The van der Waals surface area contributed by atoms with Gasteiger partial charge in [0.2, 0.25) is 0 Å². The molecule has 0 bridgehead atoms. The number of aromatic nitrogens is 1. The average molecular weight is 226 g/mol. The fourth-order valence-electron chi connectivity index (χ4n) is 0.916. The van der Waals surface area contributed by atoms with E-state index in [1.807, 2.05) is 0 Å². The zero-order valence-electron chi connectivity index (χ0n) is 7.14.